The Balaban J connectivity index is 1.90. The minimum absolute atomic E-state index is 0.0146. The molecular formula is C12H12N4OS2. The van der Waals surface area contributed by atoms with Crippen LogP contribution in [0.2, 0.25) is 0 Å². The van der Waals surface area contributed by atoms with Crippen LogP contribution < -0.4 is 5.56 Å². The number of thiazole rings is 1. The second kappa shape index (κ2) is 4.82. The highest BCUT2D eigenvalue weighted by atomic mass is 32.2. The fraction of sp³-hybridized carbons (Fsp3) is 0.250. The number of imidazole rings is 1. The maximum Gasteiger partial charge on any atom is 0.258 e. The van der Waals surface area contributed by atoms with Gasteiger partial charge in [-0.3, -0.25) is 9.20 Å². The molecule has 0 bridgehead atoms. The molecule has 0 aliphatic rings. The van der Waals surface area contributed by atoms with E-state index in [4.69, 9.17) is 0 Å². The van der Waals surface area contributed by atoms with Gasteiger partial charge in [0.1, 0.15) is 0 Å². The van der Waals surface area contributed by atoms with Gasteiger partial charge in [-0.2, -0.15) is 0 Å². The monoisotopic (exact) mass is 292 g/mol. The molecule has 3 heterocycles. The lowest BCUT2D eigenvalue weighted by atomic mass is 10.4. The maximum atomic E-state index is 12.0. The van der Waals surface area contributed by atoms with Crippen LogP contribution in [0.3, 0.4) is 0 Å². The van der Waals surface area contributed by atoms with Crippen molar-refractivity contribution in [3.63, 3.8) is 0 Å². The van der Waals surface area contributed by atoms with E-state index in [0.717, 1.165) is 21.5 Å². The highest BCUT2D eigenvalue weighted by Gasteiger charge is 2.08. The Morgan fingerprint density at radius 2 is 2.32 bits per heavy atom. The van der Waals surface area contributed by atoms with Crippen LogP contribution in [0, 0.1) is 6.92 Å². The average molecular weight is 292 g/mol. The molecule has 7 heteroatoms. The van der Waals surface area contributed by atoms with E-state index in [1.807, 2.05) is 30.1 Å². The number of aryl methyl sites for hydroxylation is 2. The first-order chi connectivity index (χ1) is 9.15. The van der Waals surface area contributed by atoms with Gasteiger partial charge in [0.25, 0.3) is 5.56 Å². The van der Waals surface area contributed by atoms with E-state index in [9.17, 15) is 4.79 Å². The van der Waals surface area contributed by atoms with Crippen LogP contribution in [-0.2, 0) is 12.8 Å². The van der Waals surface area contributed by atoms with Crippen LogP contribution in [0.25, 0.3) is 4.96 Å². The molecule has 0 saturated heterocycles. The average Bonchev–Trinajstić information content (AvgIpc) is 2.94. The zero-order valence-corrected chi connectivity index (χ0v) is 12.2. The quantitative estimate of drug-likeness (QED) is 0.694. The first-order valence-corrected chi connectivity index (χ1v) is 7.58. The molecule has 0 N–H and O–H groups in total. The summed E-state index contributed by atoms with van der Waals surface area (Å²) in [5, 5.41) is 2.86. The van der Waals surface area contributed by atoms with Gasteiger partial charge in [-0.1, -0.05) is 11.8 Å². The lowest BCUT2D eigenvalue weighted by Crippen LogP contribution is -2.14. The van der Waals surface area contributed by atoms with Gasteiger partial charge in [0.05, 0.1) is 5.69 Å². The smallest absolute Gasteiger partial charge is 0.258 e. The molecule has 19 heavy (non-hydrogen) atoms. The number of thioether (sulfide) groups is 1. The Morgan fingerprint density at radius 3 is 3.05 bits per heavy atom. The Bertz CT molecular complexity index is 786. The van der Waals surface area contributed by atoms with Gasteiger partial charge >= 0.3 is 0 Å². The molecular weight excluding hydrogens is 280 g/mol. The highest BCUT2D eigenvalue weighted by molar-refractivity contribution is 7.98. The van der Waals surface area contributed by atoms with Crippen molar-refractivity contribution in [3.8, 4) is 0 Å². The van der Waals surface area contributed by atoms with Crippen molar-refractivity contribution in [2.75, 3.05) is 0 Å². The fourth-order valence-corrected chi connectivity index (χ4v) is 3.52. The minimum Gasteiger partial charge on any atom is -0.329 e. The van der Waals surface area contributed by atoms with Crippen molar-refractivity contribution in [2.45, 2.75) is 17.8 Å². The zero-order chi connectivity index (χ0) is 13.4. The van der Waals surface area contributed by atoms with Crippen molar-refractivity contribution >= 4 is 28.1 Å². The summed E-state index contributed by atoms with van der Waals surface area (Å²) in [6.45, 7) is 1.91. The molecule has 0 aliphatic carbocycles. The third-order valence-electron chi connectivity index (χ3n) is 2.75. The standard InChI is InChI=1S/C12H12N4OS2/c1-8-6-18-12-14-9(5-10(17)16(8)12)7-19-11-13-3-4-15(11)2/h3-6H,7H2,1-2H3. The summed E-state index contributed by atoms with van der Waals surface area (Å²) < 4.78 is 3.59. The van der Waals surface area contributed by atoms with Gasteiger partial charge in [-0.25, -0.2) is 9.97 Å². The van der Waals surface area contributed by atoms with Crippen molar-refractivity contribution in [1.82, 2.24) is 18.9 Å². The molecule has 0 aromatic carbocycles. The number of nitrogens with zero attached hydrogens (tertiary/aromatic N) is 4. The van der Waals surface area contributed by atoms with Crippen LogP contribution in [0.1, 0.15) is 11.4 Å². The van der Waals surface area contributed by atoms with Crippen LogP contribution in [0.4, 0.5) is 0 Å². The fourth-order valence-electron chi connectivity index (χ4n) is 1.80. The van der Waals surface area contributed by atoms with Crippen molar-refractivity contribution in [2.24, 2.45) is 7.05 Å². The second-order valence-electron chi connectivity index (χ2n) is 4.19. The summed E-state index contributed by atoms with van der Waals surface area (Å²) >= 11 is 3.07. The number of rotatable bonds is 3. The number of aromatic nitrogens is 4. The first kappa shape index (κ1) is 12.4. The molecule has 3 aromatic rings. The Kier molecular flexibility index (Phi) is 3.16. The zero-order valence-electron chi connectivity index (χ0n) is 10.5. The minimum atomic E-state index is -0.0146. The van der Waals surface area contributed by atoms with E-state index >= 15 is 0 Å². The molecule has 0 radical (unpaired) electrons. The van der Waals surface area contributed by atoms with E-state index in [1.54, 1.807) is 28.4 Å². The van der Waals surface area contributed by atoms with Gasteiger partial charge in [0.15, 0.2) is 10.1 Å². The molecule has 0 atom stereocenters. The SMILES string of the molecule is Cc1csc2nc(CSc3nccn3C)cc(=O)n12. The number of hydrogen-bond acceptors (Lipinski definition) is 5. The van der Waals surface area contributed by atoms with E-state index < -0.39 is 0 Å². The van der Waals surface area contributed by atoms with Gasteiger partial charge in [-0.05, 0) is 6.92 Å². The van der Waals surface area contributed by atoms with E-state index in [2.05, 4.69) is 9.97 Å². The van der Waals surface area contributed by atoms with Crippen LogP contribution in [-0.4, -0.2) is 18.9 Å². The van der Waals surface area contributed by atoms with E-state index in [1.165, 1.54) is 11.3 Å². The molecule has 0 aliphatic heterocycles. The van der Waals surface area contributed by atoms with Crippen LogP contribution in [0.15, 0.2) is 33.8 Å². The third-order valence-corrected chi connectivity index (χ3v) is 4.79. The lowest BCUT2D eigenvalue weighted by molar-refractivity contribution is 0.789. The maximum absolute atomic E-state index is 12.0. The predicted octanol–water partition coefficient (Wildman–Crippen LogP) is 2.09. The van der Waals surface area contributed by atoms with Gasteiger partial charge < -0.3 is 4.57 Å². The van der Waals surface area contributed by atoms with E-state index in [0.29, 0.717) is 5.75 Å². The van der Waals surface area contributed by atoms with Gasteiger partial charge in [0.2, 0.25) is 0 Å². The number of fused-ring (bicyclic) bond motifs is 1. The summed E-state index contributed by atoms with van der Waals surface area (Å²) in [6, 6.07) is 1.60. The van der Waals surface area contributed by atoms with Crippen molar-refractivity contribution in [3.05, 3.63) is 45.6 Å². The molecule has 0 amide bonds. The van der Waals surface area contributed by atoms with Gasteiger partial charge in [-0.15, -0.1) is 11.3 Å². The Morgan fingerprint density at radius 1 is 1.47 bits per heavy atom. The van der Waals surface area contributed by atoms with Gasteiger partial charge in [0, 0.05) is 42.3 Å². The first-order valence-electron chi connectivity index (χ1n) is 5.72. The summed E-state index contributed by atoms with van der Waals surface area (Å²) in [4.78, 5) is 21.5. The van der Waals surface area contributed by atoms with E-state index in [-0.39, 0.29) is 5.56 Å². The Labute approximate surface area is 117 Å². The largest absolute Gasteiger partial charge is 0.329 e. The molecule has 0 fully saturated rings. The summed E-state index contributed by atoms with van der Waals surface area (Å²) in [5.41, 5.74) is 1.71. The van der Waals surface area contributed by atoms with Crippen LogP contribution in [0.5, 0.6) is 0 Å². The molecule has 0 spiro atoms. The summed E-state index contributed by atoms with van der Waals surface area (Å²) in [5.74, 6) is 0.646. The topological polar surface area (TPSA) is 52.2 Å². The summed E-state index contributed by atoms with van der Waals surface area (Å²) in [7, 11) is 1.95. The summed E-state index contributed by atoms with van der Waals surface area (Å²) in [6.07, 6.45) is 3.66. The molecule has 3 rings (SSSR count). The Hall–Kier alpha value is -1.60. The highest BCUT2D eigenvalue weighted by Crippen LogP contribution is 2.20. The normalized spacial score (nSPS) is 11.3. The third kappa shape index (κ3) is 2.31. The number of hydrogen-bond donors (Lipinski definition) is 0. The van der Waals surface area contributed by atoms with Crippen LogP contribution >= 0.6 is 23.1 Å². The molecule has 5 nitrogen and oxygen atoms in total. The lowest BCUT2D eigenvalue weighted by Gasteiger charge is -2.02. The predicted molar refractivity (Wildman–Crippen MR) is 76.8 cm³/mol. The molecule has 0 unspecified atom stereocenters. The second-order valence-corrected chi connectivity index (χ2v) is 5.97. The molecule has 0 saturated carbocycles. The van der Waals surface area contributed by atoms with Crippen molar-refractivity contribution < 1.29 is 0 Å². The van der Waals surface area contributed by atoms with Crippen molar-refractivity contribution in [1.29, 1.82) is 0 Å². The molecule has 98 valence electrons. The molecule has 3 aromatic heterocycles.